The molecule has 168 valence electrons. The lowest BCUT2D eigenvalue weighted by Crippen LogP contribution is -2.50. The Labute approximate surface area is 191 Å². The zero-order valence-electron chi connectivity index (χ0n) is 18.3. The molecule has 0 aliphatic rings. The molecule has 0 spiro atoms. The van der Waals surface area contributed by atoms with E-state index in [2.05, 4.69) is 56.5 Å². The van der Waals surface area contributed by atoms with E-state index in [-0.39, 0.29) is 16.3 Å². The van der Waals surface area contributed by atoms with Crippen LogP contribution in [-0.4, -0.2) is 27.8 Å². The Morgan fingerprint density at radius 3 is 1.94 bits per heavy atom. The molecule has 0 fully saturated rings. The van der Waals surface area contributed by atoms with E-state index in [1.54, 1.807) is 18.2 Å². The average molecular weight is 487 g/mol. The first kappa shape index (κ1) is 23.9. The van der Waals surface area contributed by atoms with Gasteiger partial charge in [-0.05, 0) is 28.8 Å². The Balaban J connectivity index is 2.27. The number of fused-ring (bicyclic) bond motifs is 1. The molecular weight excluding hydrogens is 461 g/mol. The van der Waals surface area contributed by atoms with Gasteiger partial charge in [0.15, 0.2) is 5.82 Å². The molecule has 0 bridgehead atoms. The van der Waals surface area contributed by atoms with Gasteiger partial charge in [-0.1, -0.05) is 70.8 Å². The maximum Gasteiger partial charge on any atom is 0.296 e. The number of para-hydroxylation sites is 1. The average Bonchev–Trinajstić information content (AvgIpc) is 3.05. The van der Waals surface area contributed by atoms with Crippen molar-refractivity contribution in [3.63, 3.8) is 0 Å². The van der Waals surface area contributed by atoms with Gasteiger partial charge in [0.1, 0.15) is 21.6 Å². The maximum absolute atomic E-state index is 14.0. The molecule has 0 amide bonds. The molecule has 2 aromatic heterocycles. The summed E-state index contributed by atoms with van der Waals surface area (Å²) in [7, 11) is -2.33. The molecule has 5 nitrogen and oxygen atoms in total. The van der Waals surface area contributed by atoms with Crippen LogP contribution in [0.2, 0.25) is 26.9 Å². The van der Waals surface area contributed by atoms with Crippen LogP contribution in [0.25, 0.3) is 17.0 Å². The SMILES string of the molecule is CC(C)[Si](Oc1cccc2c1nc(C(F)F)n2-c1nc(Cl)cc(Cl)n1)(C(C)C)C(C)C. The fourth-order valence-corrected chi connectivity index (χ4v) is 10.2. The lowest BCUT2D eigenvalue weighted by atomic mass is 10.3. The number of benzene rings is 1. The van der Waals surface area contributed by atoms with Crippen LogP contribution >= 0.6 is 23.2 Å². The molecule has 0 unspecified atom stereocenters. The van der Waals surface area contributed by atoms with Crippen LogP contribution in [0.1, 0.15) is 53.8 Å². The highest BCUT2D eigenvalue weighted by molar-refractivity contribution is 6.78. The van der Waals surface area contributed by atoms with Gasteiger partial charge in [-0.25, -0.2) is 23.7 Å². The zero-order chi connectivity index (χ0) is 23.1. The number of aromatic nitrogens is 4. The van der Waals surface area contributed by atoms with Crippen molar-refractivity contribution in [3.8, 4) is 11.7 Å². The van der Waals surface area contributed by atoms with Crippen molar-refractivity contribution >= 4 is 42.6 Å². The predicted molar refractivity (Wildman–Crippen MR) is 123 cm³/mol. The smallest absolute Gasteiger partial charge is 0.296 e. The molecule has 1 aromatic carbocycles. The fraction of sp³-hybridized carbons (Fsp3) is 0.476. The minimum atomic E-state index is -2.86. The van der Waals surface area contributed by atoms with Crippen molar-refractivity contribution in [1.82, 2.24) is 19.5 Å². The number of hydrogen-bond donors (Lipinski definition) is 0. The van der Waals surface area contributed by atoms with E-state index >= 15 is 0 Å². The largest absolute Gasteiger partial charge is 0.541 e. The third-order valence-electron chi connectivity index (χ3n) is 5.71. The van der Waals surface area contributed by atoms with Crippen molar-refractivity contribution in [2.75, 3.05) is 0 Å². The summed E-state index contributed by atoms with van der Waals surface area (Å²) in [5, 5.41) is 0.102. The van der Waals surface area contributed by atoms with E-state index < -0.39 is 20.6 Å². The van der Waals surface area contributed by atoms with Gasteiger partial charge in [-0.2, -0.15) is 0 Å². The normalized spacial score (nSPS) is 12.7. The molecule has 31 heavy (non-hydrogen) atoms. The summed E-state index contributed by atoms with van der Waals surface area (Å²) in [6.45, 7) is 13.0. The minimum absolute atomic E-state index is 0.0512. The summed E-state index contributed by atoms with van der Waals surface area (Å²) in [6, 6.07) is 6.58. The van der Waals surface area contributed by atoms with E-state index in [9.17, 15) is 8.78 Å². The van der Waals surface area contributed by atoms with Crippen LogP contribution < -0.4 is 4.43 Å². The first-order valence-corrected chi connectivity index (χ1v) is 13.1. The molecule has 10 heteroatoms. The van der Waals surface area contributed by atoms with Gasteiger partial charge in [-0.3, -0.25) is 4.57 Å². The summed E-state index contributed by atoms with van der Waals surface area (Å²) < 4.78 is 35.9. The summed E-state index contributed by atoms with van der Waals surface area (Å²) in [5.74, 6) is -0.0585. The molecule has 0 saturated heterocycles. The maximum atomic E-state index is 14.0. The van der Waals surface area contributed by atoms with Gasteiger partial charge in [0, 0.05) is 6.07 Å². The first-order chi connectivity index (χ1) is 14.5. The third kappa shape index (κ3) is 4.30. The molecule has 3 aromatic rings. The third-order valence-corrected chi connectivity index (χ3v) is 12.1. The molecule has 0 aliphatic heterocycles. The lowest BCUT2D eigenvalue weighted by molar-refractivity contribution is 0.139. The Hall–Kier alpha value is -1.77. The van der Waals surface area contributed by atoms with Crippen LogP contribution in [-0.2, 0) is 0 Å². The Kier molecular flexibility index (Phi) is 6.93. The number of imidazole rings is 1. The van der Waals surface area contributed by atoms with Crippen molar-refractivity contribution in [3.05, 3.63) is 40.4 Å². The first-order valence-electron chi connectivity index (χ1n) is 10.2. The van der Waals surface area contributed by atoms with Gasteiger partial charge in [0.05, 0.1) is 5.52 Å². The van der Waals surface area contributed by atoms with Gasteiger partial charge in [0.2, 0.25) is 5.95 Å². The monoisotopic (exact) mass is 486 g/mol. The van der Waals surface area contributed by atoms with Crippen molar-refractivity contribution in [1.29, 1.82) is 0 Å². The van der Waals surface area contributed by atoms with Crippen LogP contribution in [0, 0.1) is 0 Å². The van der Waals surface area contributed by atoms with E-state index in [0.29, 0.717) is 33.4 Å². The van der Waals surface area contributed by atoms with Crippen molar-refractivity contribution < 1.29 is 13.2 Å². The predicted octanol–water partition coefficient (Wildman–Crippen LogP) is 7.61. The number of halogens is 4. The second kappa shape index (κ2) is 9.00. The number of hydrogen-bond acceptors (Lipinski definition) is 4. The highest BCUT2D eigenvalue weighted by Crippen LogP contribution is 2.44. The Bertz CT molecular complexity index is 1050. The van der Waals surface area contributed by atoms with Gasteiger partial charge < -0.3 is 4.43 Å². The van der Waals surface area contributed by atoms with Crippen molar-refractivity contribution in [2.24, 2.45) is 0 Å². The summed E-state index contributed by atoms with van der Waals surface area (Å²) >= 11 is 12.0. The molecule has 3 rings (SSSR count). The summed E-state index contributed by atoms with van der Waals surface area (Å²) in [6.07, 6.45) is -2.86. The zero-order valence-corrected chi connectivity index (χ0v) is 20.8. The van der Waals surface area contributed by atoms with E-state index in [4.69, 9.17) is 27.6 Å². The second-order valence-corrected chi connectivity index (χ2v) is 14.6. The Morgan fingerprint density at radius 2 is 1.45 bits per heavy atom. The molecule has 0 N–H and O–H groups in total. The van der Waals surface area contributed by atoms with E-state index in [1.165, 1.54) is 10.6 Å². The highest BCUT2D eigenvalue weighted by atomic mass is 35.5. The second-order valence-electron chi connectivity index (χ2n) is 8.46. The number of alkyl halides is 2. The summed E-state index contributed by atoms with van der Waals surface area (Å²) in [4.78, 5) is 12.4. The number of rotatable bonds is 7. The quantitative estimate of drug-likeness (QED) is 0.254. The standard InChI is InChI=1S/C21H26Cl2F2N4OSi/c1-11(2)31(12(3)4,13(5)6)30-15-9-7-8-14-18(15)28-20(19(24)25)29(14)21-26-16(22)10-17(23)27-21/h7-13,19H,1-6H3. The van der Waals surface area contributed by atoms with Gasteiger partial charge in [-0.15, -0.1) is 0 Å². The van der Waals surface area contributed by atoms with E-state index in [0.717, 1.165) is 0 Å². The van der Waals surface area contributed by atoms with E-state index in [1.807, 2.05) is 0 Å². The molecule has 0 atom stereocenters. The molecular formula is C21H26Cl2F2N4OSi. The molecule has 0 radical (unpaired) electrons. The van der Waals surface area contributed by atoms with Crippen LogP contribution in [0.15, 0.2) is 24.3 Å². The molecule has 0 aliphatic carbocycles. The topological polar surface area (TPSA) is 52.8 Å². The van der Waals surface area contributed by atoms with Crippen LogP contribution in [0.3, 0.4) is 0 Å². The lowest BCUT2D eigenvalue weighted by Gasteiger charge is -2.42. The van der Waals surface area contributed by atoms with Crippen LogP contribution in [0.5, 0.6) is 5.75 Å². The fourth-order valence-electron chi connectivity index (χ4n) is 4.55. The molecule has 2 heterocycles. The Morgan fingerprint density at radius 1 is 0.903 bits per heavy atom. The summed E-state index contributed by atoms with van der Waals surface area (Å²) in [5.41, 5.74) is 1.69. The minimum Gasteiger partial charge on any atom is -0.541 e. The highest BCUT2D eigenvalue weighted by Gasteiger charge is 2.47. The van der Waals surface area contributed by atoms with Gasteiger partial charge in [0.25, 0.3) is 14.7 Å². The van der Waals surface area contributed by atoms with Gasteiger partial charge >= 0.3 is 0 Å². The van der Waals surface area contributed by atoms with Crippen LogP contribution in [0.4, 0.5) is 8.78 Å². The number of nitrogens with zero attached hydrogens (tertiary/aromatic N) is 4. The van der Waals surface area contributed by atoms with Crippen molar-refractivity contribution in [2.45, 2.75) is 64.6 Å². The molecule has 0 saturated carbocycles.